The van der Waals surface area contributed by atoms with Crippen LogP contribution in [0.1, 0.15) is 29.2 Å². The summed E-state index contributed by atoms with van der Waals surface area (Å²) in [7, 11) is 0. The van der Waals surface area contributed by atoms with Gasteiger partial charge in [0.2, 0.25) is 11.9 Å². The number of morpholine rings is 1. The summed E-state index contributed by atoms with van der Waals surface area (Å²) in [4.78, 5) is 17.8. The van der Waals surface area contributed by atoms with Crippen LogP contribution in [0, 0.1) is 0 Å². The van der Waals surface area contributed by atoms with Crippen LogP contribution in [-0.4, -0.2) is 65.0 Å². The van der Waals surface area contributed by atoms with Gasteiger partial charge in [0.25, 0.3) is 0 Å². The third kappa shape index (κ3) is 5.07. The number of anilines is 1. The minimum atomic E-state index is -0.347. The molecule has 0 unspecified atom stereocenters. The molecule has 2 aromatic carbocycles. The fourth-order valence-electron chi connectivity index (χ4n) is 4.37. The molecule has 5 rings (SSSR count). The highest BCUT2D eigenvalue weighted by Crippen LogP contribution is 2.38. The van der Waals surface area contributed by atoms with Crippen LogP contribution in [0.15, 0.2) is 65.8 Å². The lowest BCUT2D eigenvalue weighted by molar-refractivity contribution is -0.129. The van der Waals surface area contributed by atoms with E-state index >= 15 is 0 Å². The van der Waals surface area contributed by atoms with E-state index < -0.39 is 0 Å². The van der Waals surface area contributed by atoms with Crippen LogP contribution in [0.2, 0.25) is 0 Å². The first-order chi connectivity index (χ1) is 16.3. The zero-order valence-corrected chi connectivity index (χ0v) is 19.5. The molecule has 2 saturated heterocycles. The number of likely N-dealkylation sites (tertiary alicyclic amines) is 1. The van der Waals surface area contributed by atoms with Crippen LogP contribution in [0.25, 0.3) is 0 Å². The van der Waals surface area contributed by atoms with E-state index in [9.17, 15) is 4.79 Å². The quantitative estimate of drug-likeness (QED) is 0.499. The third-order valence-electron chi connectivity index (χ3n) is 6.14. The van der Waals surface area contributed by atoms with Gasteiger partial charge in [0, 0.05) is 26.2 Å². The molecule has 7 nitrogen and oxygen atoms in total. The van der Waals surface area contributed by atoms with Crippen LogP contribution in [0.3, 0.4) is 0 Å². The van der Waals surface area contributed by atoms with Gasteiger partial charge in [-0.3, -0.25) is 9.36 Å². The van der Waals surface area contributed by atoms with Gasteiger partial charge in [-0.25, -0.2) is 0 Å². The molecule has 0 bridgehead atoms. The molecule has 3 aromatic rings. The summed E-state index contributed by atoms with van der Waals surface area (Å²) in [6.45, 7) is 5.25. The molecule has 172 valence electrons. The maximum Gasteiger partial charge on any atom is 0.240 e. The van der Waals surface area contributed by atoms with E-state index in [2.05, 4.69) is 31.8 Å². The molecule has 0 saturated carbocycles. The number of hydrogen-bond donors (Lipinski definition) is 0. The van der Waals surface area contributed by atoms with E-state index in [4.69, 9.17) is 4.74 Å². The lowest BCUT2D eigenvalue weighted by atomic mass is 10.1. The Kier molecular flexibility index (Phi) is 6.92. The lowest BCUT2D eigenvalue weighted by Gasteiger charge is -2.28. The monoisotopic (exact) mass is 463 g/mol. The molecular weight excluding hydrogens is 434 g/mol. The number of thioether (sulfide) groups is 1. The van der Waals surface area contributed by atoms with Gasteiger partial charge in [0.05, 0.1) is 19.8 Å². The van der Waals surface area contributed by atoms with Crippen molar-refractivity contribution < 1.29 is 9.53 Å². The average Bonchev–Trinajstić information content (AvgIpc) is 3.55. The van der Waals surface area contributed by atoms with E-state index in [0.29, 0.717) is 19.8 Å². The molecule has 1 atom stereocenters. The van der Waals surface area contributed by atoms with Crippen LogP contribution in [0.4, 0.5) is 5.95 Å². The Bertz CT molecular complexity index is 1050. The van der Waals surface area contributed by atoms with Gasteiger partial charge in [-0.1, -0.05) is 72.4 Å². The summed E-state index contributed by atoms with van der Waals surface area (Å²) >= 11 is 1.51. The first-order valence-electron chi connectivity index (χ1n) is 11.6. The summed E-state index contributed by atoms with van der Waals surface area (Å²) in [5, 5.41) is 9.58. The Labute approximate surface area is 198 Å². The Morgan fingerprint density at radius 2 is 1.58 bits per heavy atom. The number of hydrogen-bond acceptors (Lipinski definition) is 6. The van der Waals surface area contributed by atoms with Gasteiger partial charge in [0.1, 0.15) is 5.25 Å². The zero-order valence-electron chi connectivity index (χ0n) is 18.7. The standard InChI is InChI=1S/C25H29N5O2S/c31-23(28-13-7-8-14-28)22(21-11-5-2-6-12-21)33-25-27-26-24(29-15-17-32-18-16-29)30(25)19-20-9-3-1-4-10-20/h1-6,9-12,22H,7-8,13-19H2/t22-/m0/s1. The summed E-state index contributed by atoms with van der Waals surface area (Å²) in [6.07, 6.45) is 2.15. The molecule has 3 heterocycles. The third-order valence-corrected chi connectivity index (χ3v) is 7.36. The van der Waals surface area contributed by atoms with Crippen molar-refractivity contribution in [3.05, 3.63) is 71.8 Å². The van der Waals surface area contributed by atoms with Crippen molar-refractivity contribution in [3.8, 4) is 0 Å². The number of carbonyl (C=O) groups excluding carboxylic acids is 1. The highest BCUT2D eigenvalue weighted by Gasteiger charge is 2.31. The molecule has 33 heavy (non-hydrogen) atoms. The van der Waals surface area contributed by atoms with Gasteiger partial charge in [-0.05, 0) is 24.0 Å². The van der Waals surface area contributed by atoms with E-state index in [-0.39, 0.29) is 11.2 Å². The maximum absolute atomic E-state index is 13.5. The first-order valence-corrected chi connectivity index (χ1v) is 12.5. The van der Waals surface area contributed by atoms with Gasteiger partial charge >= 0.3 is 0 Å². The van der Waals surface area contributed by atoms with Crippen LogP contribution < -0.4 is 4.90 Å². The SMILES string of the molecule is O=C([C@@H](Sc1nnc(N2CCOCC2)n1Cc1ccccc1)c1ccccc1)N1CCCC1. The summed E-state index contributed by atoms with van der Waals surface area (Å²) in [5.74, 6) is 0.996. The molecule has 0 aliphatic carbocycles. The highest BCUT2D eigenvalue weighted by atomic mass is 32.2. The fourth-order valence-corrected chi connectivity index (χ4v) is 5.48. The van der Waals surface area contributed by atoms with Gasteiger partial charge in [-0.15, -0.1) is 10.2 Å². The molecule has 0 N–H and O–H groups in total. The molecular formula is C25H29N5O2S. The van der Waals surface area contributed by atoms with Crippen LogP contribution >= 0.6 is 11.8 Å². The van der Waals surface area contributed by atoms with Crippen molar-refractivity contribution in [2.24, 2.45) is 0 Å². The molecule has 0 spiro atoms. The number of amides is 1. The molecule has 2 fully saturated rings. The number of benzene rings is 2. The minimum absolute atomic E-state index is 0.158. The predicted molar refractivity (Wildman–Crippen MR) is 129 cm³/mol. The number of ether oxygens (including phenoxy) is 1. The number of carbonyl (C=O) groups is 1. The number of aromatic nitrogens is 3. The second kappa shape index (κ2) is 10.4. The smallest absolute Gasteiger partial charge is 0.240 e. The number of rotatable bonds is 7. The van der Waals surface area contributed by atoms with E-state index in [1.807, 2.05) is 53.4 Å². The van der Waals surface area contributed by atoms with Crippen molar-refractivity contribution in [2.45, 2.75) is 29.8 Å². The van der Waals surface area contributed by atoms with Crippen molar-refractivity contribution >= 4 is 23.6 Å². The average molecular weight is 464 g/mol. The number of nitrogens with zero attached hydrogens (tertiary/aromatic N) is 5. The van der Waals surface area contributed by atoms with Crippen molar-refractivity contribution in [1.29, 1.82) is 0 Å². The van der Waals surface area contributed by atoms with Crippen molar-refractivity contribution in [2.75, 3.05) is 44.3 Å². The molecule has 2 aliphatic heterocycles. The van der Waals surface area contributed by atoms with Crippen LogP contribution in [0.5, 0.6) is 0 Å². The normalized spacial score (nSPS) is 17.3. The second-order valence-corrected chi connectivity index (χ2v) is 9.47. The predicted octanol–water partition coefficient (Wildman–Crippen LogP) is 3.62. The lowest BCUT2D eigenvalue weighted by Crippen LogP contribution is -2.38. The van der Waals surface area contributed by atoms with Crippen molar-refractivity contribution in [1.82, 2.24) is 19.7 Å². The Morgan fingerprint density at radius 3 is 2.27 bits per heavy atom. The first kappa shape index (κ1) is 22.0. The fraction of sp³-hybridized carbons (Fsp3) is 0.400. The molecule has 2 aliphatic rings. The second-order valence-electron chi connectivity index (χ2n) is 8.39. The summed E-state index contributed by atoms with van der Waals surface area (Å²) in [6, 6.07) is 20.4. The summed E-state index contributed by atoms with van der Waals surface area (Å²) < 4.78 is 7.69. The zero-order chi connectivity index (χ0) is 22.5. The van der Waals surface area contributed by atoms with Gasteiger partial charge in [0.15, 0.2) is 5.16 Å². The molecule has 0 radical (unpaired) electrons. The van der Waals surface area contributed by atoms with E-state index in [0.717, 1.165) is 55.7 Å². The van der Waals surface area contributed by atoms with Gasteiger partial charge in [-0.2, -0.15) is 0 Å². The van der Waals surface area contributed by atoms with Gasteiger partial charge < -0.3 is 14.5 Å². The Balaban J connectivity index is 1.49. The van der Waals surface area contributed by atoms with Crippen LogP contribution in [-0.2, 0) is 16.1 Å². The molecule has 1 amide bonds. The largest absolute Gasteiger partial charge is 0.378 e. The molecule has 1 aromatic heterocycles. The van der Waals surface area contributed by atoms with E-state index in [1.54, 1.807) is 0 Å². The molecule has 8 heteroatoms. The highest BCUT2D eigenvalue weighted by molar-refractivity contribution is 8.00. The Hall–Kier alpha value is -2.84. The van der Waals surface area contributed by atoms with Crippen molar-refractivity contribution in [3.63, 3.8) is 0 Å². The van der Waals surface area contributed by atoms with E-state index in [1.165, 1.54) is 17.3 Å². The summed E-state index contributed by atoms with van der Waals surface area (Å²) in [5.41, 5.74) is 2.18. The Morgan fingerprint density at radius 1 is 0.909 bits per heavy atom. The minimum Gasteiger partial charge on any atom is -0.378 e. The maximum atomic E-state index is 13.5. The topological polar surface area (TPSA) is 63.5 Å².